The molecule has 0 aromatic rings. The summed E-state index contributed by atoms with van der Waals surface area (Å²) in [6.45, 7) is 6.46. The van der Waals surface area contributed by atoms with Crippen molar-refractivity contribution in [3.05, 3.63) is 0 Å². The van der Waals surface area contributed by atoms with E-state index in [0.717, 1.165) is 0 Å². The summed E-state index contributed by atoms with van der Waals surface area (Å²) in [5.74, 6) is 0. The number of rotatable bonds is 0. The van der Waals surface area contributed by atoms with E-state index in [4.69, 9.17) is 5.73 Å². The molecule has 0 amide bonds. The fourth-order valence-electron chi connectivity index (χ4n) is 2.71. The maximum Gasteiger partial charge on any atom is 0.00392 e. The van der Waals surface area contributed by atoms with E-state index in [9.17, 15) is 0 Å². The minimum Gasteiger partial charge on any atom is -0.328 e. The van der Waals surface area contributed by atoms with Gasteiger partial charge in [0.2, 0.25) is 0 Å². The van der Waals surface area contributed by atoms with E-state index in [1.807, 2.05) is 13.8 Å². The van der Waals surface area contributed by atoms with E-state index in [0.29, 0.717) is 11.5 Å². The molecule has 0 aromatic heterocycles. The second kappa shape index (κ2) is 5.72. The van der Waals surface area contributed by atoms with Crippen LogP contribution < -0.4 is 11.1 Å². The molecule has 0 unspecified atom stereocenters. The molecular weight excluding hydrogens is 172 g/mol. The molecule has 3 N–H and O–H groups in total. The second-order valence-electron chi connectivity index (χ2n) is 4.59. The normalized spacial score (nSPS) is 26.8. The Kier molecular flexibility index (Phi) is 4.90. The van der Waals surface area contributed by atoms with Gasteiger partial charge in [-0.3, -0.25) is 0 Å². The molecule has 1 saturated carbocycles. The molecule has 14 heavy (non-hydrogen) atoms. The summed E-state index contributed by atoms with van der Waals surface area (Å²) in [6, 6.07) is 0.505. The van der Waals surface area contributed by atoms with Crippen LogP contribution in [0.3, 0.4) is 0 Å². The highest BCUT2D eigenvalue weighted by molar-refractivity contribution is 4.90. The molecule has 84 valence electrons. The zero-order valence-electron chi connectivity index (χ0n) is 9.81. The minimum absolute atomic E-state index is 0.505. The first kappa shape index (κ1) is 12.0. The number of nitrogens with one attached hydrogen (secondary N) is 1. The fraction of sp³-hybridized carbons (Fsp3) is 1.00. The van der Waals surface area contributed by atoms with Crippen LogP contribution in [0.1, 0.15) is 52.4 Å². The third kappa shape index (κ3) is 2.96. The number of hydrogen-bond acceptors (Lipinski definition) is 2. The van der Waals surface area contributed by atoms with Crippen molar-refractivity contribution >= 4 is 0 Å². The van der Waals surface area contributed by atoms with Crippen LogP contribution in [0.15, 0.2) is 0 Å². The van der Waals surface area contributed by atoms with E-state index in [-0.39, 0.29) is 0 Å². The highest BCUT2D eigenvalue weighted by Gasteiger charge is 2.34. The summed E-state index contributed by atoms with van der Waals surface area (Å²) >= 11 is 0. The first-order chi connectivity index (χ1) is 6.81. The Morgan fingerprint density at radius 2 is 1.50 bits per heavy atom. The van der Waals surface area contributed by atoms with Crippen LogP contribution in [0.5, 0.6) is 0 Å². The Morgan fingerprint density at radius 1 is 1.00 bits per heavy atom. The van der Waals surface area contributed by atoms with Gasteiger partial charge >= 0.3 is 0 Å². The maximum atomic E-state index is 5.91. The van der Waals surface area contributed by atoms with Gasteiger partial charge in [-0.05, 0) is 57.0 Å². The number of nitrogens with two attached hydrogens (primary N) is 1. The van der Waals surface area contributed by atoms with Crippen molar-refractivity contribution in [3.8, 4) is 0 Å². The van der Waals surface area contributed by atoms with Gasteiger partial charge in [0, 0.05) is 6.04 Å². The maximum absolute atomic E-state index is 5.91. The topological polar surface area (TPSA) is 38.0 Å². The van der Waals surface area contributed by atoms with Gasteiger partial charge in [-0.25, -0.2) is 0 Å². The average Bonchev–Trinajstić information content (AvgIpc) is 2.27. The molecule has 2 rings (SSSR count). The van der Waals surface area contributed by atoms with E-state index in [2.05, 4.69) is 5.32 Å². The zero-order valence-corrected chi connectivity index (χ0v) is 9.81. The third-order valence-corrected chi connectivity index (χ3v) is 3.76. The highest BCUT2D eigenvalue weighted by atomic mass is 14.9. The number of piperidine rings is 1. The summed E-state index contributed by atoms with van der Waals surface area (Å²) in [7, 11) is 0. The van der Waals surface area contributed by atoms with Crippen LogP contribution >= 0.6 is 0 Å². The SMILES string of the molecule is CC.NC1CCC2(CCNCC2)CC1. The molecule has 2 nitrogen and oxygen atoms in total. The Bertz CT molecular complexity index is 140. The molecule has 1 aliphatic carbocycles. The van der Waals surface area contributed by atoms with Crippen LogP contribution in [0, 0.1) is 5.41 Å². The predicted octanol–water partition coefficient (Wildman–Crippen LogP) is 2.28. The lowest BCUT2D eigenvalue weighted by atomic mass is 9.67. The lowest BCUT2D eigenvalue weighted by Gasteiger charge is -2.42. The standard InChI is InChI=1S/C10H20N2.C2H6/c11-9-1-3-10(4-2-9)5-7-12-8-6-10;1-2/h9,12H,1-8,11H2;1-2H3. The van der Waals surface area contributed by atoms with Crippen molar-refractivity contribution in [2.45, 2.75) is 58.4 Å². The number of hydrogen-bond donors (Lipinski definition) is 2. The van der Waals surface area contributed by atoms with Crippen molar-refractivity contribution in [1.29, 1.82) is 0 Å². The molecule has 1 heterocycles. The van der Waals surface area contributed by atoms with Gasteiger partial charge in [0.15, 0.2) is 0 Å². The Hall–Kier alpha value is -0.0800. The summed E-state index contributed by atoms with van der Waals surface area (Å²) in [5, 5.41) is 3.44. The molecule has 0 radical (unpaired) electrons. The Morgan fingerprint density at radius 3 is 2.00 bits per heavy atom. The van der Waals surface area contributed by atoms with Crippen molar-refractivity contribution in [2.75, 3.05) is 13.1 Å². The minimum atomic E-state index is 0.505. The van der Waals surface area contributed by atoms with E-state index in [1.54, 1.807) is 0 Å². The molecule has 2 aliphatic rings. The zero-order chi connectivity index (χ0) is 10.4. The van der Waals surface area contributed by atoms with Gasteiger partial charge < -0.3 is 11.1 Å². The smallest absolute Gasteiger partial charge is 0.00392 e. The van der Waals surface area contributed by atoms with Gasteiger partial charge in [0.05, 0.1) is 0 Å². The van der Waals surface area contributed by atoms with Gasteiger partial charge in [-0.15, -0.1) is 0 Å². The second-order valence-corrected chi connectivity index (χ2v) is 4.59. The monoisotopic (exact) mass is 198 g/mol. The van der Waals surface area contributed by atoms with Crippen LogP contribution in [0.4, 0.5) is 0 Å². The van der Waals surface area contributed by atoms with Crippen LogP contribution in [-0.2, 0) is 0 Å². The third-order valence-electron chi connectivity index (χ3n) is 3.76. The lowest BCUT2D eigenvalue weighted by Crippen LogP contribution is -2.41. The summed E-state index contributed by atoms with van der Waals surface area (Å²) < 4.78 is 0. The Balaban J connectivity index is 0.000000461. The summed E-state index contributed by atoms with van der Waals surface area (Å²) in [6.07, 6.45) is 8.07. The van der Waals surface area contributed by atoms with Gasteiger partial charge in [-0.2, -0.15) is 0 Å². The lowest BCUT2D eigenvalue weighted by molar-refractivity contribution is 0.124. The molecule has 2 heteroatoms. The Labute approximate surface area is 88.6 Å². The first-order valence-electron chi connectivity index (χ1n) is 6.27. The predicted molar refractivity (Wildman–Crippen MR) is 62.3 cm³/mol. The van der Waals surface area contributed by atoms with E-state index in [1.165, 1.54) is 51.6 Å². The molecule has 1 saturated heterocycles. The molecule has 2 fully saturated rings. The van der Waals surface area contributed by atoms with Crippen molar-refractivity contribution in [3.63, 3.8) is 0 Å². The van der Waals surface area contributed by atoms with E-state index >= 15 is 0 Å². The quantitative estimate of drug-likeness (QED) is 0.627. The van der Waals surface area contributed by atoms with Crippen LogP contribution in [0.2, 0.25) is 0 Å². The van der Waals surface area contributed by atoms with Gasteiger partial charge in [0.25, 0.3) is 0 Å². The van der Waals surface area contributed by atoms with Crippen molar-refractivity contribution in [2.24, 2.45) is 11.1 Å². The van der Waals surface area contributed by atoms with Crippen LogP contribution in [0.25, 0.3) is 0 Å². The van der Waals surface area contributed by atoms with E-state index < -0.39 is 0 Å². The van der Waals surface area contributed by atoms with Crippen molar-refractivity contribution in [1.82, 2.24) is 5.32 Å². The summed E-state index contributed by atoms with van der Waals surface area (Å²) in [5.41, 5.74) is 6.60. The van der Waals surface area contributed by atoms with Gasteiger partial charge in [0.1, 0.15) is 0 Å². The molecule has 1 spiro atoms. The first-order valence-corrected chi connectivity index (χ1v) is 6.27. The highest BCUT2D eigenvalue weighted by Crippen LogP contribution is 2.42. The molecule has 0 atom stereocenters. The van der Waals surface area contributed by atoms with Crippen molar-refractivity contribution < 1.29 is 0 Å². The molecule has 1 aliphatic heterocycles. The molecular formula is C12H26N2. The fourth-order valence-corrected chi connectivity index (χ4v) is 2.71. The summed E-state index contributed by atoms with van der Waals surface area (Å²) in [4.78, 5) is 0. The molecule has 0 aromatic carbocycles. The largest absolute Gasteiger partial charge is 0.328 e. The van der Waals surface area contributed by atoms with Gasteiger partial charge in [-0.1, -0.05) is 13.8 Å². The molecule has 0 bridgehead atoms. The van der Waals surface area contributed by atoms with Crippen LogP contribution in [-0.4, -0.2) is 19.1 Å². The average molecular weight is 198 g/mol.